The van der Waals surface area contributed by atoms with Crippen molar-refractivity contribution in [2.45, 2.75) is 32.4 Å². The second-order valence-electron chi connectivity index (χ2n) is 6.08. The van der Waals surface area contributed by atoms with Crippen LogP contribution in [0.2, 0.25) is 5.02 Å². The Bertz CT molecular complexity index is 658. The Labute approximate surface area is 141 Å². The minimum absolute atomic E-state index is 0.108. The largest absolute Gasteiger partial charge is 0.459 e. The number of nitrogens with zero attached hydrogens (tertiary/aromatic N) is 1. The van der Waals surface area contributed by atoms with Gasteiger partial charge in [0.25, 0.3) is 5.91 Å². The van der Waals surface area contributed by atoms with Crippen LogP contribution in [0.25, 0.3) is 0 Å². The third-order valence-electron chi connectivity index (χ3n) is 4.31. The van der Waals surface area contributed by atoms with Gasteiger partial charge < -0.3 is 9.73 Å². The van der Waals surface area contributed by atoms with Gasteiger partial charge in [-0.25, -0.2) is 0 Å². The normalized spacial score (nSPS) is 16.4. The lowest BCUT2D eigenvalue weighted by atomic mass is 10.0. The summed E-state index contributed by atoms with van der Waals surface area (Å²) < 4.78 is 5.24. The van der Waals surface area contributed by atoms with Crippen molar-refractivity contribution in [1.29, 1.82) is 0 Å². The van der Waals surface area contributed by atoms with Crippen LogP contribution < -0.4 is 5.32 Å². The molecule has 0 unspecified atom stereocenters. The second-order valence-corrected chi connectivity index (χ2v) is 6.52. The first kappa shape index (κ1) is 16.1. The van der Waals surface area contributed by atoms with Gasteiger partial charge >= 0.3 is 0 Å². The molecule has 1 N–H and O–H groups in total. The third kappa shape index (κ3) is 4.15. The number of hydrogen-bond donors (Lipinski definition) is 1. The Morgan fingerprint density at radius 3 is 2.57 bits per heavy atom. The number of likely N-dealkylation sites (tertiary alicyclic amines) is 1. The lowest BCUT2D eigenvalue weighted by molar-refractivity contribution is 0.0880. The van der Waals surface area contributed by atoms with E-state index in [2.05, 4.69) is 22.3 Å². The Balaban J connectivity index is 1.48. The minimum Gasteiger partial charge on any atom is -0.459 e. The van der Waals surface area contributed by atoms with Crippen LogP contribution in [-0.2, 0) is 6.54 Å². The van der Waals surface area contributed by atoms with E-state index in [1.165, 1.54) is 5.56 Å². The lowest BCUT2D eigenvalue weighted by Crippen LogP contribution is -2.44. The maximum Gasteiger partial charge on any atom is 0.287 e. The Hall–Kier alpha value is -1.78. The molecule has 1 aromatic heterocycles. The molecule has 0 spiro atoms. The quantitative estimate of drug-likeness (QED) is 0.929. The van der Waals surface area contributed by atoms with Crippen LogP contribution in [0.3, 0.4) is 0 Å². The zero-order valence-corrected chi connectivity index (χ0v) is 14.0. The van der Waals surface area contributed by atoms with Gasteiger partial charge in [-0.3, -0.25) is 9.69 Å². The standard InChI is InChI=1S/C18H21ClN2O2/c1-13-8-11-23-17(13)18(22)20-16-6-9-21(10-7-16)12-14-2-4-15(19)5-3-14/h2-5,8,11,16H,6-7,9-10,12H2,1H3,(H,20,22). The van der Waals surface area contributed by atoms with E-state index in [1.54, 1.807) is 6.26 Å². The van der Waals surface area contributed by atoms with E-state index in [4.69, 9.17) is 16.0 Å². The van der Waals surface area contributed by atoms with E-state index in [1.807, 2.05) is 25.1 Å². The third-order valence-corrected chi connectivity index (χ3v) is 4.56. The molecule has 2 heterocycles. The molecule has 0 bridgehead atoms. The van der Waals surface area contributed by atoms with Gasteiger partial charge in [0, 0.05) is 36.3 Å². The number of furan rings is 1. The van der Waals surface area contributed by atoms with Crippen molar-refractivity contribution in [1.82, 2.24) is 10.2 Å². The predicted molar refractivity (Wildman–Crippen MR) is 90.7 cm³/mol. The fourth-order valence-corrected chi connectivity index (χ4v) is 3.07. The van der Waals surface area contributed by atoms with Gasteiger partial charge in [0.1, 0.15) is 0 Å². The summed E-state index contributed by atoms with van der Waals surface area (Å²) in [5.41, 5.74) is 2.14. The summed E-state index contributed by atoms with van der Waals surface area (Å²) >= 11 is 5.91. The van der Waals surface area contributed by atoms with Crippen LogP contribution >= 0.6 is 11.6 Å². The van der Waals surface area contributed by atoms with E-state index in [-0.39, 0.29) is 11.9 Å². The Kier molecular flexibility index (Phi) is 5.03. The van der Waals surface area contributed by atoms with Gasteiger partial charge in [-0.05, 0) is 43.5 Å². The van der Waals surface area contributed by atoms with Gasteiger partial charge in [0.15, 0.2) is 5.76 Å². The number of aryl methyl sites for hydroxylation is 1. The average molecular weight is 333 g/mol. The highest BCUT2D eigenvalue weighted by atomic mass is 35.5. The molecule has 0 aliphatic carbocycles. The number of carbonyl (C=O) groups excluding carboxylic acids is 1. The summed E-state index contributed by atoms with van der Waals surface area (Å²) in [4.78, 5) is 14.6. The molecule has 1 saturated heterocycles. The van der Waals surface area contributed by atoms with Gasteiger partial charge in [0.2, 0.25) is 0 Å². The van der Waals surface area contributed by atoms with Crippen molar-refractivity contribution in [3.63, 3.8) is 0 Å². The number of halogens is 1. The highest BCUT2D eigenvalue weighted by Gasteiger charge is 2.22. The van der Waals surface area contributed by atoms with Crippen LogP contribution in [0, 0.1) is 6.92 Å². The summed E-state index contributed by atoms with van der Waals surface area (Å²) in [7, 11) is 0. The molecule has 5 heteroatoms. The maximum atomic E-state index is 12.2. The van der Waals surface area contributed by atoms with Crippen LogP contribution in [0.1, 0.15) is 34.5 Å². The van der Waals surface area contributed by atoms with E-state index in [0.29, 0.717) is 5.76 Å². The maximum absolute atomic E-state index is 12.2. The zero-order chi connectivity index (χ0) is 16.2. The van der Waals surface area contributed by atoms with Crippen LogP contribution in [0.15, 0.2) is 41.0 Å². The molecule has 1 amide bonds. The predicted octanol–water partition coefficient (Wildman–Crippen LogP) is 3.64. The average Bonchev–Trinajstić information content (AvgIpc) is 2.98. The molecule has 3 rings (SSSR count). The zero-order valence-electron chi connectivity index (χ0n) is 13.2. The molecule has 1 aromatic carbocycles. The van der Waals surface area contributed by atoms with Gasteiger partial charge in [-0.1, -0.05) is 23.7 Å². The molecule has 0 saturated carbocycles. The molecule has 0 atom stereocenters. The van der Waals surface area contributed by atoms with Gasteiger partial charge in [0.05, 0.1) is 6.26 Å². The number of carbonyl (C=O) groups is 1. The van der Waals surface area contributed by atoms with Gasteiger partial charge in [-0.15, -0.1) is 0 Å². The number of nitrogens with one attached hydrogen (secondary N) is 1. The van der Waals surface area contributed by atoms with Gasteiger partial charge in [-0.2, -0.15) is 0 Å². The molecule has 1 aliphatic rings. The summed E-state index contributed by atoms with van der Waals surface area (Å²) in [5.74, 6) is 0.317. The molecule has 4 nitrogen and oxygen atoms in total. The van der Waals surface area contributed by atoms with E-state index in [0.717, 1.165) is 43.1 Å². The van der Waals surface area contributed by atoms with Crippen LogP contribution in [0.4, 0.5) is 0 Å². The molecule has 1 fully saturated rings. The molecule has 122 valence electrons. The van der Waals surface area contributed by atoms with Crippen LogP contribution in [0.5, 0.6) is 0 Å². The molecule has 2 aromatic rings. The fourth-order valence-electron chi connectivity index (χ4n) is 2.94. The van der Waals surface area contributed by atoms with Crippen molar-refractivity contribution in [2.24, 2.45) is 0 Å². The lowest BCUT2D eigenvalue weighted by Gasteiger charge is -2.32. The Morgan fingerprint density at radius 1 is 1.26 bits per heavy atom. The molecule has 23 heavy (non-hydrogen) atoms. The second kappa shape index (κ2) is 7.20. The van der Waals surface area contributed by atoms with Crippen molar-refractivity contribution >= 4 is 17.5 Å². The van der Waals surface area contributed by atoms with Crippen molar-refractivity contribution < 1.29 is 9.21 Å². The molecule has 0 radical (unpaired) electrons. The summed E-state index contributed by atoms with van der Waals surface area (Å²) in [6.45, 7) is 4.76. The highest BCUT2D eigenvalue weighted by molar-refractivity contribution is 6.30. The first-order valence-electron chi connectivity index (χ1n) is 7.93. The first-order chi connectivity index (χ1) is 11.1. The number of piperidine rings is 1. The smallest absolute Gasteiger partial charge is 0.287 e. The number of amides is 1. The highest BCUT2D eigenvalue weighted by Crippen LogP contribution is 2.17. The Morgan fingerprint density at radius 2 is 1.96 bits per heavy atom. The van der Waals surface area contributed by atoms with Crippen molar-refractivity contribution in [3.8, 4) is 0 Å². The number of benzene rings is 1. The van der Waals surface area contributed by atoms with E-state index < -0.39 is 0 Å². The topological polar surface area (TPSA) is 45.5 Å². The molecular weight excluding hydrogens is 312 g/mol. The summed E-state index contributed by atoms with van der Waals surface area (Å²) in [5, 5.41) is 3.84. The fraction of sp³-hybridized carbons (Fsp3) is 0.389. The van der Waals surface area contributed by atoms with Crippen molar-refractivity contribution in [2.75, 3.05) is 13.1 Å². The molecule has 1 aliphatic heterocycles. The SMILES string of the molecule is Cc1ccoc1C(=O)NC1CCN(Cc2ccc(Cl)cc2)CC1. The summed E-state index contributed by atoms with van der Waals surface area (Å²) in [6.07, 6.45) is 3.47. The monoisotopic (exact) mass is 332 g/mol. The molecular formula is C18H21ClN2O2. The van der Waals surface area contributed by atoms with Crippen LogP contribution in [-0.4, -0.2) is 29.9 Å². The van der Waals surface area contributed by atoms with E-state index >= 15 is 0 Å². The number of hydrogen-bond acceptors (Lipinski definition) is 3. The summed E-state index contributed by atoms with van der Waals surface area (Å²) in [6, 6.07) is 10.0. The van der Waals surface area contributed by atoms with E-state index in [9.17, 15) is 4.79 Å². The number of rotatable bonds is 4. The first-order valence-corrected chi connectivity index (χ1v) is 8.31. The minimum atomic E-state index is -0.108. The van der Waals surface area contributed by atoms with Crippen molar-refractivity contribution in [3.05, 3.63) is 58.5 Å².